The number of carbonyl (C=O) groups is 2. The number of hydrogen-bond donors (Lipinski definition) is 1. The van der Waals surface area contributed by atoms with E-state index in [1.165, 1.54) is 0 Å². The molecule has 1 saturated carbocycles. The molecule has 0 aromatic heterocycles. The predicted octanol–water partition coefficient (Wildman–Crippen LogP) is 2.30. The van der Waals surface area contributed by atoms with Crippen LogP contribution in [0.3, 0.4) is 0 Å². The lowest BCUT2D eigenvalue weighted by Crippen LogP contribution is -2.51. The molecule has 2 rings (SSSR count). The van der Waals surface area contributed by atoms with Crippen LogP contribution in [0.2, 0.25) is 0 Å². The molecule has 1 amide bonds. The molecule has 2 aliphatic rings. The number of likely N-dealkylation sites (tertiary alicyclic amines) is 1. The van der Waals surface area contributed by atoms with Gasteiger partial charge < -0.3 is 14.7 Å². The van der Waals surface area contributed by atoms with E-state index in [0.29, 0.717) is 32.5 Å². The van der Waals surface area contributed by atoms with Crippen LogP contribution in [0, 0.1) is 11.3 Å². The Hall–Kier alpha value is -1.10. The van der Waals surface area contributed by atoms with Crippen molar-refractivity contribution in [3.05, 3.63) is 0 Å². The van der Waals surface area contributed by atoms with E-state index < -0.39 is 11.4 Å². The number of hydrogen-bond acceptors (Lipinski definition) is 3. The molecule has 0 spiro atoms. The van der Waals surface area contributed by atoms with E-state index in [-0.39, 0.29) is 11.8 Å². The van der Waals surface area contributed by atoms with Crippen LogP contribution in [-0.4, -0.2) is 48.7 Å². The molecule has 0 bridgehead atoms. The third-order valence-corrected chi connectivity index (χ3v) is 5.05. The average molecular weight is 297 g/mol. The summed E-state index contributed by atoms with van der Waals surface area (Å²) in [5, 5.41) is 9.67. The molecule has 1 aliphatic carbocycles. The monoisotopic (exact) mass is 297 g/mol. The number of amides is 1. The Bertz CT molecular complexity index is 378. The first-order valence-electron chi connectivity index (χ1n) is 8.10. The summed E-state index contributed by atoms with van der Waals surface area (Å²) in [4.78, 5) is 26.2. The molecule has 5 heteroatoms. The predicted molar refractivity (Wildman–Crippen MR) is 79.0 cm³/mol. The van der Waals surface area contributed by atoms with E-state index >= 15 is 0 Å². The average Bonchev–Trinajstić information content (AvgIpc) is 3.01. The summed E-state index contributed by atoms with van der Waals surface area (Å²) in [5.74, 6) is -0.444. The fraction of sp³-hybridized carbons (Fsp3) is 0.875. The minimum atomic E-state index is -0.773. The third-order valence-electron chi connectivity index (χ3n) is 5.05. The van der Waals surface area contributed by atoms with Gasteiger partial charge in [0.25, 0.3) is 0 Å². The van der Waals surface area contributed by atoms with Crippen LogP contribution < -0.4 is 0 Å². The molecule has 0 aromatic rings. The third kappa shape index (κ3) is 3.76. The maximum Gasteiger partial charge on any atom is 0.311 e. The van der Waals surface area contributed by atoms with Crippen molar-refractivity contribution in [1.82, 2.24) is 4.90 Å². The van der Waals surface area contributed by atoms with Crippen LogP contribution in [0.4, 0.5) is 0 Å². The second kappa shape index (κ2) is 7.25. The Labute approximate surface area is 126 Å². The lowest BCUT2D eigenvalue weighted by Gasteiger charge is -2.41. The molecular formula is C16H27NO4. The molecule has 0 aromatic carbocycles. The molecule has 1 aliphatic heterocycles. The van der Waals surface area contributed by atoms with Gasteiger partial charge in [-0.05, 0) is 38.5 Å². The Kier molecular flexibility index (Phi) is 5.62. The molecule has 0 unspecified atom stereocenters. The fourth-order valence-corrected chi connectivity index (χ4v) is 3.79. The quantitative estimate of drug-likeness (QED) is 0.764. The molecule has 0 radical (unpaired) electrons. The first kappa shape index (κ1) is 16.3. The minimum Gasteiger partial charge on any atom is -0.481 e. The van der Waals surface area contributed by atoms with E-state index in [4.69, 9.17) is 4.74 Å². The summed E-state index contributed by atoms with van der Waals surface area (Å²) >= 11 is 0. The summed E-state index contributed by atoms with van der Waals surface area (Å²) in [6.07, 6.45) is 6.97. The molecule has 21 heavy (non-hydrogen) atoms. The molecule has 1 atom stereocenters. The first-order valence-corrected chi connectivity index (χ1v) is 8.10. The van der Waals surface area contributed by atoms with Gasteiger partial charge in [-0.1, -0.05) is 12.8 Å². The number of piperidine rings is 1. The highest BCUT2D eigenvalue weighted by molar-refractivity contribution is 5.81. The van der Waals surface area contributed by atoms with Gasteiger partial charge in [-0.3, -0.25) is 9.59 Å². The summed E-state index contributed by atoms with van der Waals surface area (Å²) in [5.41, 5.74) is -0.773. The van der Waals surface area contributed by atoms with Crippen LogP contribution >= 0.6 is 0 Å². The maximum absolute atomic E-state index is 12.5. The van der Waals surface area contributed by atoms with Gasteiger partial charge >= 0.3 is 5.97 Å². The molecule has 1 heterocycles. The van der Waals surface area contributed by atoms with Gasteiger partial charge in [0.15, 0.2) is 0 Å². The van der Waals surface area contributed by atoms with E-state index in [9.17, 15) is 14.7 Å². The number of carboxylic acids is 1. The van der Waals surface area contributed by atoms with Crippen LogP contribution in [0.5, 0.6) is 0 Å². The van der Waals surface area contributed by atoms with E-state index in [1.54, 1.807) is 7.11 Å². The largest absolute Gasteiger partial charge is 0.481 e. The topological polar surface area (TPSA) is 66.8 Å². The van der Waals surface area contributed by atoms with Gasteiger partial charge in [0.1, 0.15) is 0 Å². The zero-order valence-electron chi connectivity index (χ0n) is 13.0. The normalized spacial score (nSPS) is 27.0. The van der Waals surface area contributed by atoms with Crippen LogP contribution in [0.15, 0.2) is 0 Å². The number of rotatable bonds is 6. The van der Waals surface area contributed by atoms with Gasteiger partial charge in [-0.2, -0.15) is 0 Å². The number of aliphatic carboxylic acids is 1. The second-order valence-electron chi connectivity index (χ2n) is 6.53. The number of carboxylic acid groups (broad SMARTS) is 1. The fourth-order valence-electron chi connectivity index (χ4n) is 3.79. The van der Waals surface area contributed by atoms with E-state index in [1.807, 2.05) is 4.90 Å². The standard InChI is InChI=1S/C16H27NO4/c1-21-11-5-9-16(15(19)20)8-4-10-17(12-16)14(18)13-6-2-3-7-13/h13H,2-12H2,1H3,(H,19,20)/t16-/m1/s1. The van der Waals surface area contributed by atoms with Crippen molar-refractivity contribution in [2.24, 2.45) is 11.3 Å². The second-order valence-corrected chi connectivity index (χ2v) is 6.53. The van der Waals surface area contributed by atoms with Gasteiger partial charge in [0, 0.05) is 32.7 Å². The van der Waals surface area contributed by atoms with Crippen molar-refractivity contribution in [2.75, 3.05) is 26.8 Å². The molecule has 1 saturated heterocycles. The van der Waals surface area contributed by atoms with Gasteiger partial charge in [0.2, 0.25) is 5.91 Å². The lowest BCUT2D eigenvalue weighted by atomic mass is 9.76. The summed E-state index contributed by atoms with van der Waals surface area (Å²) in [7, 11) is 1.63. The molecule has 2 fully saturated rings. The Morgan fingerprint density at radius 2 is 2.00 bits per heavy atom. The van der Waals surface area contributed by atoms with Crippen molar-refractivity contribution >= 4 is 11.9 Å². The zero-order chi connectivity index (χ0) is 15.3. The summed E-state index contributed by atoms with van der Waals surface area (Å²) in [6.45, 7) is 1.67. The Morgan fingerprint density at radius 1 is 1.29 bits per heavy atom. The zero-order valence-corrected chi connectivity index (χ0v) is 13.0. The highest BCUT2D eigenvalue weighted by atomic mass is 16.5. The van der Waals surface area contributed by atoms with Crippen LogP contribution in [0.25, 0.3) is 0 Å². The Morgan fingerprint density at radius 3 is 2.62 bits per heavy atom. The van der Waals surface area contributed by atoms with Crippen molar-refractivity contribution in [2.45, 2.75) is 51.4 Å². The lowest BCUT2D eigenvalue weighted by molar-refractivity contribution is -0.156. The van der Waals surface area contributed by atoms with E-state index in [2.05, 4.69) is 0 Å². The SMILES string of the molecule is COCCC[C@]1(C(=O)O)CCCN(C(=O)C2CCCC2)C1. The highest BCUT2D eigenvalue weighted by Gasteiger charge is 2.44. The summed E-state index contributed by atoms with van der Waals surface area (Å²) < 4.78 is 5.04. The molecule has 1 N–H and O–H groups in total. The number of ether oxygens (including phenoxy) is 1. The number of methoxy groups -OCH3 is 1. The first-order chi connectivity index (χ1) is 10.1. The van der Waals surface area contributed by atoms with Gasteiger partial charge in [-0.25, -0.2) is 0 Å². The minimum absolute atomic E-state index is 0.133. The molecular weight excluding hydrogens is 270 g/mol. The van der Waals surface area contributed by atoms with Crippen LogP contribution in [0.1, 0.15) is 51.4 Å². The van der Waals surface area contributed by atoms with E-state index in [0.717, 1.165) is 38.5 Å². The van der Waals surface area contributed by atoms with Crippen molar-refractivity contribution < 1.29 is 19.4 Å². The molecule has 120 valence electrons. The van der Waals surface area contributed by atoms with Crippen molar-refractivity contribution in [1.29, 1.82) is 0 Å². The number of carbonyl (C=O) groups excluding carboxylic acids is 1. The molecule has 5 nitrogen and oxygen atoms in total. The van der Waals surface area contributed by atoms with Crippen molar-refractivity contribution in [3.63, 3.8) is 0 Å². The smallest absolute Gasteiger partial charge is 0.311 e. The maximum atomic E-state index is 12.5. The highest BCUT2D eigenvalue weighted by Crippen LogP contribution is 2.37. The van der Waals surface area contributed by atoms with Gasteiger partial charge in [0.05, 0.1) is 5.41 Å². The number of nitrogens with zero attached hydrogens (tertiary/aromatic N) is 1. The van der Waals surface area contributed by atoms with Crippen LogP contribution in [-0.2, 0) is 14.3 Å². The summed E-state index contributed by atoms with van der Waals surface area (Å²) in [6, 6.07) is 0. The van der Waals surface area contributed by atoms with Gasteiger partial charge in [-0.15, -0.1) is 0 Å². The Balaban J connectivity index is 2.01. The van der Waals surface area contributed by atoms with Crippen molar-refractivity contribution in [3.8, 4) is 0 Å².